The molecule has 4 nitrogen and oxygen atoms in total. The Hall–Kier alpha value is -2.59. The van der Waals surface area contributed by atoms with Gasteiger partial charge in [0.2, 0.25) is 0 Å². The Balaban J connectivity index is 2.02. The first-order valence-electron chi connectivity index (χ1n) is 6.91. The van der Waals surface area contributed by atoms with E-state index in [0.29, 0.717) is 5.02 Å². The molecule has 0 bridgehead atoms. The van der Waals surface area contributed by atoms with E-state index < -0.39 is 0 Å². The third kappa shape index (κ3) is 1.92. The Labute approximate surface area is 130 Å². The summed E-state index contributed by atoms with van der Waals surface area (Å²) in [5.41, 5.74) is 4.80. The number of hydrogen-bond acceptors (Lipinski definition) is 2. The first-order valence-corrected chi connectivity index (χ1v) is 7.28. The zero-order valence-corrected chi connectivity index (χ0v) is 12.5. The van der Waals surface area contributed by atoms with Crippen LogP contribution in [0.5, 0.6) is 0 Å². The molecular formula is C17H12ClN3O. The summed E-state index contributed by atoms with van der Waals surface area (Å²) in [5.74, 6) is 0. The number of fused-ring (bicyclic) bond motifs is 2. The Morgan fingerprint density at radius 1 is 1.05 bits per heavy atom. The number of nitrogens with one attached hydrogen (secondary N) is 2. The van der Waals surface area contributed by atoms with Crippen molar-refractivity contribution in [2.45, 2.75) is 6.92 Å². The largest absolute Gasteiger partial charge is 0.323 e. The molecule has 2 heterocycles. The maximum absolute atomic E-state index is 11.4. The van der Waals surface area contributed by atoms with Gasteiger partial charge in [-0.15, -0.1) is 0 Å². The molecule has 0 aliphatic carbocycles. The summed E-state index contributed by atoms with van der Waals surface area (Å²) in [6.45, 7) is 1.99. The Morgan fingerprint density at radius 2 is 1.82 bits per heavy atom. The van der Waals surface area contributed by atoms with Crippen LogP contribution in [0.1, 0.15) is 5.56 Å². The minimum absolute atomic E-state index is 0.221. The van der Waals surface area contributed by atoms with Gasteiger partial charge >= 0.3 is 5.69 Å². The van der Waals surface area contributed by atoms with E-state index in [1.807, 2.05) is 49.4 Å². The van der Waals surface area contributed by atoms with Crippen LogP contribution in [0, 0.1) is 6.92 Å². The Kier molecular flexibility index (Phi) is 2.81. The van der Waals surface area contributed by atoms with Crippen molar-refractivity contribution in [2.24, 2.45) is 0 Å². The lowest BCUT2D eigenvalue weighted by molar-refractivity contribution is 1.21. The lowest BCUT2D eigenvalue weighted by atomic mass is 10.0. The van der Waals surface area contributed by atoms with Crippen molar-refractivity contribution in [1.29, 1.82) is 0 Å². The molecule has 0 spiro atoms. The van der Waals surface area contributed by atoms with Crippen LogP contribution in [-0.4, -0.2) is 15.0 Å². The average Bonchev–Trinajstić information content (AvgIpc) is 2.90. The number of H-pyrrole nitrogens is 2. The molecule has 0 saturated carbocycles. The molecule has 22 heavy (non-hydrogen) atoms. The van der Waals surface area contributed by atoms with Gasteiger partial charge in [0.1, 0.15) is 0 Å². The smallest absolute Gasteiger partial charge is 0.306 e. The van der Waals surface area contributed by atoms with E-state index in [2.05, 4.69) is 15.0 Å². The first-order chi connectivity index (χ1) is 10.6. The zero-order chi connectivity index (χ0) is 15.3. The number of para-hydroxylation sites is 1. The molecule has 0 amide bonds. The second-order valence-electron chi connectivity index (χ2n) is 5.26. The van der Waals surface area contributed by atoms with Crippen molar-refractivity contribution in [3.63, 3.8) is 0 Å². The highest BCUT2D eigenvalue weighted by molar-refractivity contribution is 6.34. The third-order valence-electron chi connectivity index (χ3n) is 3.87. The molecule has 0 atom stereocenters. The summed E-state index contributed by atoms with van der Waals surface area (Å²) >= 11 is 6.52. The van der Waals surface area contributed by atoms with E-state index in [1.54, 1.807) is 0 Å². The standard InChI is InChI=1S/C17H12ClN3O/c1-9-11-4-2-3-5-12(11)19-16(15(9)18)10-6-7-13-14(8-10)21-17(22)20-13/h2-8H,1H3,(H2,20,21,22). The molecule has 2 aromatic heterocycles. The van der Waals surface area contributed by atoms with Crippen LogP contribution in [0.4, 0.5) is 0 Å². The van der Waals surface area contributed by atoms with Crippen molar-refractivity contribution >= 4 is 33.5 Å². The van der Waals surface area contributed by atoms with Gasteiger partial charge < -0.3 is 9.97 Å². The fraction of sp³-hybridized carbons (Fsp3) is 0.0588. The van der Waals surface area contributed by atoms with E-state index >= 15 is 0 Å². The minimum atomic E-state index is -0.221. The van der Waals surface area contributed by atoms with Crippen LogP contribution in [0.15, 0.2) is 47.3 Å². The van der Waals surface area contributed by atoms with Gasteiger partial charge in [-0.05, 0) is 30.7 Å². The van der Waals surface area contributed by atoms with Crippen LogP contribution < -0.4 is 5.69 Å². The summed E-state index contributed by atoms with van der Waals surface area (Å²) in [6.07, 6.45) is 0. The van der Waals surface area contributed by atoms with E-state index in [9.17, 15) is 4.79 Å². The van der Waals surface area contributed by atoms with Gasteiger partial charge in [-0.1, -0.05) is 35.9 Å². The van der Waals surface area contributed by atoms with Crippen molar-refractivity contribution in [2.75, 3.05) is 0 Å². The molecule has 2 N–H and O–H groups in total. The van der Waals surface area contributed by atoms with Gasteiger partial charge in [-0.3, -0.25) is 0 Å². The molecule has 0 saturated heterocycles. The number of aromatic nitrogens is 3. The Bertz CT molecular complexity index is 1080. The van der Waals surface area contributed by atoms with Gasteiger partial charge in [-0.25, -0.2) is 9.78 Å². The molecule has 0 aliphatic heterocycles. The number of pyridine rings is 1. The quantitative estimate of drug-likeness (QED) is 0.557. The number of rotatable bonds is 1. The molecular weight excluding hydrogens is 298 g/mol. The monoisotopic (exact) mass is 309 g/mol. The average molecular weight is 310 g/mol. The van der Waals surface area contributed by atoms with Crippen molar-refractivity contribution < 1.29 is 0 Å². The Morgan fingerprint density at radius 3 is 2.68 bits per heavy atom. The van der Waals surface area contributed by atoms with Gasteiger partial charge in [0, 0.05) is 10.9 Å². The van der Waals surface area contributed by atoms with Crippen LogP contribution in [-0.2, 0) is 0 Å². The molecule has 0 radical (unpaired) electrons. The number of benzene rings is 2. The maximum Gasteiger partial charge on any atom is 0.323 e. The normalized spacial score (nSPS) is 11.4. The zero-order valence-electron chi connectivity index (χ0n) is 11.8. The van der Waals surface area contributed by atoms with E-state index in [1.165, 1.54) is 0 Å². The van der Waals surface area contributed by atoms with Crippen LogP contribution in [0.2, 0.25) is 5.02 Å². The summed E-state index contributed by atoms with van der Waals surface area (Å²) in [5, 5.41) is 1.68. The second kappa shape index (κ2) is 4.71. The topological polar surface area (TPSA) is 61.5 Å². The lowest BCUT2D eigenvalue weighted by Crippen LogP contribution is -1.99. The maximum atomic E-state index is 11.4. The lowest BCUT2D eigenvalue weighted by Gasteiger charge is -2.10. The number of imidazole rings is 1. The van der Waals surface area contributed by atoms with E-state index in [-0.39, 0.29) is 5.69 Å². The fourth-order valence-corrected chi connectivity index (χ4v) is 2.98. The highest BCUT2D eigenvalue weighted by Gasteiger charge is 2.12. The highest BCUT2D eigenvalue weighted by Crippen LogP contribution is 2.33. The molecule has 4 rings (SSSR count). The molecule has 108 valence electrons. The number of hydrogen-bond donors (Lipinski definition) is 2. The molecule has 2 aromatic carbocycles. The van der Waals surface area contributed by atoms with Crippen LogP contribution in [0.25, 0.3) is 33.2 Å². The predicted octanol–water partition coefficient (Wildman–Crippen LogP) is 4.03. The van der Waals surface area contributed by atoms with Crippen molar-refractivity contribution in [1.82, 2.24) is 15.0 Å². The second-order valence-corrected chi connectivity index (χ2v) is 5.63. The third-order valence-corrected chi connectivity index (χ3v) is 4.33. The molecule has 0 unspecified atom stereocenters. The minimum Gasteiger partial charge on any atom is -0.306 e. The summed E-state index contributed by atoms with van der Waals surface area (Å²) in [4.78, 5) is 21.6. The van der Waals surface area contributed by atoms with Crippen LogP contribution >= 0.6 is 11.6 Å². The van der Waals surface area contributed by atoms with Gasteiger partial charge in [0.05, 0.1) is 27.3 Å². The number of nitrogens with zero attached hydrogens (tertiary/aromatic N) is 1. The van der Waals surface area contributed by atoms with E-state index in [4.69, 9.17) is 11.6 Å². The number of aryl methyl sites for hydroxylation is 1. The molecule has 0 fully saturated rings. The summed E-state index contributed by atoms with van der Waals surface area (Å²) in [7, 11) is 0. The summed E-state index contributed by atoms with van der Waals surface area (Å²) in [6, 6.07) is 13.6. The number of aromatic amines is 2. The first kappa shape index (κ1) is 13.1. The van der Waals surface area contributed by atoms with E-state index in [0.717, 1.165) is 38.8 Å². The highest BCUT2D eigenvalue weighted by atomic mass is 35.5. The molecule has 0 aliphatic rings. The fourth-order valence-electron chi connectivity index (χ4n) is 2.72. The summed E-state index contributed by atoms with van der Waals surface area (Å²) < 4.78 is 0. The molecule has 4 aromatic rings. The SMILES string of the molecule is Cc1c(Cl)c(-c2ccc3[nH]c(=O)[nH]c3c2)nc2ccccc12. The van der Waals surface area contributed by atoms with Crippen LogP contribution in [0.3, 0.4) is 0 Å². The van der Waals surface area contributed by atoms with Gasteiger partial charge in [0.25, 0.3) is 0 Å². The van der Waals surface area contributed by atoms with Gasteiger partial charge in [-0.2, -0.15) is 0 Å². The predicted molar refractivity (Wildman–Crippen MR) is 89.4 cm³/mol. The molecule has 5 heteroatoms. The van der Waals surface area contributed by atoms with Crippen molar-refractivity contribution in [3.05, 3.63) is 63.5 Å². The van der Waals surface area contributed by atoms with Crippen molar-refractivity contribution in [3.8, 4) is 11.3 Å². The van der Waals surface area contributed by atoms with Gasteiger partial charge in [0.15, 0.2) is 0 Å². The number of halogens is 1.